The summed E-state index contributed by atoms with van der Waals surface area (Å²) in [6.07, 6.45) is 3.72. The fraction of sp³-hybridized carbons (Fsp3) is 0. The molecular formula is C19H13N3O2. The number of fused-ring (bicyclic) bond motifs is 1. The predicted octanol–water partition coefficient (Wildman–Crippen LogP) is 3.75. The molecule has 0 aliphatic carbocycles. The second-order valence-corrected chi connectivity index (χ2v) is 5.28. The third-order valence-corrected chi connectivity index (χ3v) is 3.71. The van der Waals surface area contributed by atoms with Crippen LogP contribution in [0.3, 0.4) is 0 Å². The summed E-state index contributed by atoms with van der Waals surface area (Å²) in [5, 5.41) is 11.2. The number of benzene rings is 2. The summed E-state index contributed by atoms with van der Waals surface area (Å²) in [5.74, 6) is 0.506. The Kier molecular flexibility index (Phi) is 3.51. The molecule has 4 rings (SSSR count). The largest absolute Gasteiger partial charge is 0.355 e. The summed E-state index contributed by atoms with van der Waals surface area (Å²) in [6.45, 7) is 0. The minimum atomic E-state index is -0.368. The Balaban J connectivity index is 1.90. The van der Waals surface area contributed by atoms with Gasteiger partial charge < -0.3 is 4.52 Å². The molecule has 0 unspecified atom stereocenters. The predicted molar refractivity (Wildman–Crippen MR) is 93.2 cm³/mol. The molecule has 5 nitrogen and oxygen atoms in total. The topological polar surface area (TPSA) is 71.8 Å². The SMILES string of the molecule is O=c1[nH]nc(-c2ccccc2)c2c(C=Cc3ccccc3)onc12. The summed E-state index contributed by atoms with van der Waals surface area (Å²) < 4.78 is 5.38. The van der Waals surface area contributed by atoms with Crippen molar-refractivity contribution in [3.05, 3.63) is 82.3 Å². The quantitative estimate of drug-likeness (QED) is 0.625. The van der Waals surface area contributed by atoms with Crippen LogP contribution < -0.4 is 5.56 Å². The van der Waals surface area contributed by atoms with Crippen LogP contribution in [0.4, 0.5) is 0 Å². The van der Waals surface area contributed by atoms with Crippen LogP contribution >= 0.6 is 0 Å². The summed E-state index contributed by atoms with van der Waals surface area (Å²) in [5.41, 5.74) is 2.43. The van der Waals surface area contributed by atoms with Crippen molar-refractivity contribution in [2.75, 3.05) is 0 Å². The zero-order valence-electron chi connectivity index (χ0n) is 12.6. The molecule has 4 aromatic rings. The van der Waals surface area contributed by atoms with E-state index in [0.29, 0.717) is 16.8 Å². The van der Waals surface area contributed by atoms with E-state index in [2.05, 4.69) is 15.4 Å². The molecule has 0 saturated heterocycles. The van der Waals surface area contributed by atoms with Gasteiger partial charge in [-0.1, -0.05) is 71.9 Å². The average molecular weight is 315 g/mol. The molecule has 1 N–H and O–H groups in total. The number of nitrogens with zero attached hydrogens (tertiary/aromatic N) is 2. The van der Waals surface area contributed by atoms with Gasteiger partial charge in [-0.05, 0) is 11.6 Å². The lowest BCUT2D eigenvalue weighted by molar-refractivity contribution is 0.421. The van der Waals surface area contributed by atoms with Crippen molar-refractivity contribution >= 4 is 23.1 Å². The van der Waals surface area contributed by atoms with E-state index in [1.807, 2.05) is 66.7 Å². The van der Waals surface area contributed by atoms with Crippen LogP contribution in [0.25, 0.3) is 34.3 Å². The maximum absolute atomic E-state index is 12.0. The standard InChI is InChI=1S/C19H13N3O2/c23-19-18-16(17(20-21-19)14-9-5-2-6-10-14)15(24-22-18)12-11-13-7-3-1-4-8-13/h1-12H,(H,21,23). The summed E-state index contributed by atoms with van der Waals surface area (Å²) in [7, 11) is 0. The first-order valence-electron chi connectivity index (χ1n) is 7.49. The molecule has 0 spiro atoms. The second kappa shape index (κ2) is 5.96. The van der Waals surface area contributed by atoms with E-state index in [1.54, 1.807) is 6.08 Å². The highest BCUT2D eigenvalue weighted by molar-refractivity contribution is 5.97. The fourth-order valence-corrected chi connectivity index (χ4v) is 2.56. The molecule has 24 heavy (non-hydrogen) atoms. The number of rotatable bonds is 3. The highest BCUT2D eigenvalue weighted by Crippen LogP contribution is 2.28. The number of aromatic amines is 1. The summed E-state index contributed by atoms with van der Waals surface area (Å²) in [4.78, 5) is 12.0. The summed E-state index contributed by atoms with van der Waals surface area (Å²) >= 11 is 0. The average Bonchev–Trinajstić information content (AvgIpc) is 3.07. The van der Waals surface area contributed by atoms with Gasteiger partial charge in [0.2, 0.25) is 0 Å². The minimum Gasteiger partial charge on any atom is -0.355 e. The lowest BCUT2D eigenvalue weighted by atomic mass is 10.1. The fourth-order valence-electron chi connectivity index (χ4n) is 2.56. The van der Waals surface area contributed by atoms with Gasteiger partial charge in [0.15, 0.2) is 11.3 Å². The molecule has 0 bridgehead atoms. The Hall–Kier alpha value is -3.47. The maximum Gasteiger partial charge on any atom is 0.294 e. The molecule has 0 radical (unpaired) electrons. The van der Waals surface area contributed by atoms with E-state index < -0.39 is 0 Å². The normalized spacial score (nSPS) is 11.3. The van der Waals surface area contributed by atoms with Gasteiger partial charge in [-0.2, -0.15) is 5.10 Å². The number of H-pyrrole nitrogens is 1. The Morgan fingerprint density at radius 3 is 2.38 bits per heavy atom. The van der Waals surface area contributed by atoms with E-state index in [4.69, 9.17) is 4.52 Å². The van der Waals surface area contributed by atoms with Crippen molar-refractivity contribution in [1.82, 2.24) is 15.4 Å². The van der Waals surface area contributed by atoms with E-state index in [0.717, 1.165) is 11.1 Å². The van der Waals surface area contributed by atoms with Gasteiger partial charge in [-0.3, -0.25) is 4.79 Å². The van der Waals surface area contributed by atoms with Gasteiger partial charge in [0.1, 0.15) is 5.69 Å². The number of nitrogens with one attached hydrogen (secondary N) is 1. The molecule has 0 atom stereocenters. The highest BCUT2D eigenvalue weighted by atomic mass is 16.5. The number of hydrogen-bond donors (Lipinski definition) is 1. The van der Waals surface area contributed by atoms with Crippen LogP contribution in [0.2, 0.25) is 0 Å². The smallest absolute Gasteiger partial charge is 0.294 e. The molecule has 0 saturated carbocycles. The van der Waals surface area contributed by atoms with Crippen molar-refractivity contribution in [2.45, 2.75) is 0 Å². The maximum atomic E-state index is 12.0. The van der Waals surface area contributed by atoms with Crippen LogP contribution in [0, 0.1) is 0 Å². The van der Waals surface area contributed by atoms with E-state index in [-0.39, 0.29) is 11.1 Å². The third-order valence-electron chi connectivity index (χ3n) is 3.71. The third kappa shape index (κ3) is 2.52. The minimum absolute atomic E-state index is 0.247. The van der Waals surface area contributed by atoms with Crippen molar-refractivity contribution in [1.29, 1.82) is 0 Å². The van der Waals surface area contributed by atoms with Crippen molar-refractivity contribution in [2.24, 2.45) is 0 Å². The van der Waals surface area contributed by atoms with Crippen LogP contribution in [-0.4, -0.2) is 15.4 Å². The van der Waals surface area contributed by atoms with Crippen LogP contribution in [0.1, 0.15) is 11.3 Å². The first-order chi connectivity index (χ1) is 11.8. The van der Waals surface area contributed by atoms with E-state index >= 15 is 0 Å². The number of hydrogen-bond acceptors (Lipinski definition) is 4. The van der Waals surface area contributed by atoms with Gasteiger partial charge in [-0.25, -0.2) is 5.10 Å². The zero-order chi connectivity index (χ0) is 16.4. The molecule has 0 aliphatic heterocycles. The van der Waals surface area contributed by atoms with E-state index in [9.17, 15) is 4.79 Å². The molecule has 2 heterocycles. The van der Waals surface area contributed by atoms with Crippen LogP contribution in [-0.2, 0) is 0 Å². The molecular weight excluding hydrogens is 302 g/mol. The Labute approximate surface area is 137 Å². The van der Waals surface area contributed by atoms with Gasteiger partial charge in [0.25, 0.3) is 5.56 Å². The van der Waals surface area contributed by atoms with Gasteiger partial charge >= 0.3 is 0 Å². The zero-order valence-corrected chi connectivity index (χ0v) is 12.6. The Morgan fingerprint density at radius 2 is 1.62 bits per heavy atom. The van der Waals surface area contributed by atoms with Crippen LogP contribution in [0.15, 0.2) is 70.0 Å². The second-order valence-electron chi connectivity index (χ2n) is 5.28. The Bertz CT molecular complexity index is 1060. The van der Waals surface area contributed by atoms with Gasteiger partial charge in [0, 0.05) is 5.56 Å². The van der Waals surface area contributed by atoms with Crippen molar-refractivity contribution in [3.8, 4) is 11.3 Å². The lowest BCUT2D eigenvalue weighted by Gasteiger charge is -2.01. The molecule has 5 heteroatoms. The first-order valence-corrected chi connectivity index (χ1v) is 7.49. The van der Waals surface area contributed by atoms with E-state index in [1.165, 1.54) is 0 Å². The molecule has 0 amide bonds. The van der Waals surface area contributed by atoms with Gasteiger partial charge in [0.05, 0.1) is 5.39 Å². The van der Waals surface area contributed by atoms with Crippen LogP contribution in [0.5, 0.6) is 0 Å². The van der Waals surface area contributed by atoms with Gasteiger partial charge in [-0.15, -0.1) is 0 Å². The molecule has 0 aliphatic rings. The first kappa shape index (κ1) is 14.1. The van der Waals surface area contributed by atoms with Crippen molar-refractivity contribution in [3.63, 3.8) is 0 Å². The monoisotopic (exact) mass is 315 g/mol. The summed E-state index contributed by atoms with van der Waals surface area (Å²) in [6, 6.07) is 19.5. The lowest BCUT2D eigenvalue weighted by Crippen LogP contribution is -2.09. The molecule has 2 aromatic carbocycles. The highest BCUT2D eigenvalue weighted by Gasteiger charge is 2.16. The van der Waals surface area contributed by atoms with Crippen molar-refractivity contribution < 1.29 is 4.52 Å². The number of aromatic nitrogens is 3. The molecule has 116 valence electrons. The molecule has 0 fully saturated rings. The molecule has 2 aromatic heterocycles. The Morgan fingerprint density at radius 1 is 0.917 bits per heavy atom.